The van der Waals surface area contributed by atoms with Crippen LogP contribution in [0.2, 0.25) is 0 Å². The summed E-state index contributed by atoms with van der Waals surface area (Å²) >= 11 is 0. The fourth-order valence-electron chi connectivity index (χ4n) is 3.30. The molecule has 3 heteroatoms. The molecule has 0 aromatic heterocycles. The Kier molecular flexibility index (Phi) is 4.22. The van der Waals surface area contributed by atoms with E-state index in [0.717, 1.165) is 0 Å². The van der Waals surface area contributed by atoms with E-state index in [0.29, 0.717) is 24.2 Å². The summed E-state index contributed by atoms with van der Waals surface area (Å²) in [6, 6.07) is 1.98. The Morgan fingerprint density at radius 2 is 2.06 bits per heavy atom. The van der Waals surface area contributed by atoms with Crippen LogP contribution in [0.1, 0.15) is 39.5 Å². The van der Waals surface area contributed by atoms with E-state index in [1.165, 1.54) is 38.8 Å². The predicted molar refractivity (Wildman–Crippen MR) is 66.7 cm³/mol. The minimum atomic E-state index is 0.484. The van der Waals surface area contributed by atoms with Crippen LogP contribution in [-0.4, -0.2) is 49.3 Å². The first-order valence-corrected chi connectivity index (χ1v) is 6.73. The third-order valence-electron chi connectivity index (χ3n) is 3.98. The van der Waals surface area contributed by atoms with Crippen LogP contribution in [-0.2, 0) is 4.74 Å². The molecule has 0 amide bonds. The zero-order valence-electron chi connectivity index (χ0n) is 10.9. The molecule has 0 bridgehead atoms. The van der Waals surface area contributed by atoms with Gasteiger partial charge in [-0.2, -0.15) is 0 Å². The number of methoxy groups -OCH3 is 1. The Morgan fingerprint density at radius 1 is 1.25 bits per heavy atom. The highest BCUT2D eigenvalue weighted by molar-refractivity contribution is 4.92. The van der Waals surface area contributed by atoms with Gasteiger partial charge in [-0.05, 0) is 25.7 Å². The van der Waals surface area contributed by atoms with E-state index in [4.69, 9.17) is 4.74 Å². The van der Waals surface area contributed by atoms with Crippen LogP contribution in [0.3, 0.4) is 0 Å². The van der Waals surface area contributed by atoms with Crippen molar-refractivity contribution in [2.24, 2.45) is 0 Å². The summed E-state index contributed by atoms with van der Waals surface area (Å²) in [5.74, 6) is 0. The zero-order valence-corrected chi connectivity index (χ0v) is 10.9. The van der Waals surface area contributed by atoms with Gasteiger partial charge in [0.1, 0.15) is 0 Å². The van der Waals surface area contributed by atoms with Crippen molar-refractivity contribution in [2.75, 3.05) is 20.2 Å². The van der Waals surface area contributed by atoms with E-state index in [1.54, 1.807) is 0 Å². The van der Waals surface area contributed by atoms with Gasteiger partial charge in [-0.15, -0.1) is 0 Å². The largest absolute Gasteiger partial charge is 0.380 e. The second-order valence-corrected chi connectivity index (χ2v) is 5.57. The molecule has 0 aromatic carbocycles. The SMILES string of the molecule is COC1CCCC1N1CCC(NC(C)C)C1. The van der Waals surface area contributed by atoms with E-state index in [-0.39, 0.29) is 0 Å². The number of hydrogen-bond donors (Lipinski definition) is 1. The molecule has 1 N–H and O–H groups in total. The molecule has 3 nitrogen and oxygen atoms in total. The Labute approximate surface area is 99.5 Å². The van der Waals surface area contributed by atoms with Crippen LogP contribution in [0.4, 0.5) is 0 Å². The van der Waals surface area contributed by atoms with Crippen molar-refractivity contribution in [1.82, 2.24) is 10.2 Å². The Bertz CT molecular complexity index is 220. The minimum Gasteiger partial charge on any atom is -0.380 e. The highest BCUT2D eigenvalue weighted by Gasteiger charge is 2.35. The normalized spacial score (nSPS) is 36.4. The molecule has 2 fully saturated rings. The number of ether oxygens (including phenoxy) is 1. The molecular weight excluding hydrogens is 200 g/mol. The molecule has 16 heavy (non-hydrogen) atoms. The van der Waals surface area contributed by atoms with E-state index >= 15 is 0 Å². The molecule has 1 saturated heterocycles. The van der Waals surface area contributed by atoms with Gasteiger partial charge >= 0.3 is 0 Å². The number of hydrogen-bond acceptors (Lipinski definition) is 3. The van der Waals surface area contributed by atoms with Crippen LogP contribution < -0.4 is 5.32 Å². The molecule has 3 atom stereocenters. The van der Waals surface area contributed by atoms with E-state index in [2.05, 4.69) is 24.1 Å². The average molecular weight is 226 g/mol. The second-order valence-electron chi connectivity index (χ2n) is 5.57. The molecule has 3 unspecified atom stereocenters. The van der Waals surface area contributed by atoms with Crippen LogP contribution in [0, 0.1) is 0 Å². The van der Waals surface area contributed by atoms with Crippen molar-refractivity contribution in [2.45, 2.75) is 63.8 Å². The molecule has 0 spiro atoms. The molecule has 1 aliphatic carbocycles. The molecule has 1 heterocycles. The van der Waals surface area contributed by atoms with Gasteiger partial charge < -0.3 is 10.1 Å². The smallest absolute Gasteiger partial charge is 0.0726 e. The minimum absolute atomic E-state index is 0.484. The predicted octanol–water partition coefficient (Wildman–Crippen LogP) is 1.63. The van der Waals surface area contributed by atoms with Gasteiger partial charge in [0.05, 0.1) is 6.10 Å². The summed E-state index contributed by atoms with van der Waals surface area (Å²) < 4.78 is 5.59. The van der Waals surface area contributed by atoms with Crippen molar-refractivity contribution in [3.8, 4) is 0 Å². The lowest BCUT2D eigenvalue weighted by atomic mass is 10.2. The van der Waals surface area contributed by atoms with Gasteiger partial charge in [-0.25, -0.2) is 0 Å². The molecule has 1 saturated carbocycles. The van der Waals surface area contributed by atoms with E-state index < -0.39 is 0 Å². The first-order chi connectivity index (χ1) is 7.70. The molecule has 0 aromatic rings. The van der Waals surface area contributed by atoms with Gasteiger partial charge in [0.25, 0.3) is 0 Å². The van der Waals surface area contributed by atoms with Crippen molar-refractivity contribution >= 4 is 0 Å². The summed E-state index contributed by atoms with van der Waals surface area (Å²) in [7, 11) is 1.86. The Balaban J connectivity index is 1.83. The van der Waals surface area contributed by atoms with Crippen LogP contribution in [0.15, 0.2) is 0 Å². The van der Waals surface area contributed by atoms with Crippen molar-refractivity contribution in [1.29, 1.82) is 0 Å². The number of nitrogens with zero attached hydrogens (tertiary/aromatic N) is 1. The highest BCUT2D eigenvalue weighted by Crippen LogP contribution is 2.28. The molecule has 0 radical (unpaired) electrons. The summed E-state index contributed by atoms with van der Waals surface area (Å²) in [5, 5.41) is 3.65. The summed E-state index contributed by atoms with van der Waals surface area (Å²) in [6.45, 7) is 6.92. The summed E-state index contributed by atoms with van der Waals surface area (Å²) in [6.07, 6.45) is 5.69. The highest BCUT2D eigenvalue weighted by atomic mass is 16.5. The van der Waals surface area contributed by atoms with Gasteiger partial charge in [0.2, 0.25) is 0 Å². The van der Waals surface area contributed by atoms with Crippen LogP contribution in [0.25, 0.3) is 0 Å². The third-order valence-corrected chi connectivity index (χ3v) is 3.98. The first-order valence-electron chi connectivity index (χ1n) is 6.73. The quantitative estimate of drug-likeness (QED) is 0.788. The van der Waals surface area contributed by atoms with Crippen molar-refractivity contribution in [3.05, 3.63) is 0 Å². The van der Waals surface area contributed by atoms with Crippen molar-refractivity contribution < 1.29 is 4.74 Å². The van der Waals surface area contributed by atoms with E-state index in [9.17, 15) is 0 Å². The third kappa shape index (κ3) is 2.76. The lowest BCUT2D eigenvalue weighted by Crippen LogP contribution is -2.43. The fourth-order valence-corrected chi connectivity index (χ4v) is 3.30. The number of nitrogens with one attached hydrogen (secondary N) is 1. The van der Waals surface area contributed by atoms with Gasteiger partial charge in [0, 0.05) is 38.3 Å². The number of likely N-dealkylation sites (tertiary alicyclic amines) is 1. The van der Waals surface area contributed by atoms with Gasteiger partial charge in [-0.3, -0.25) is 4.90 Å². The first kappa shape index (κ1) is 12.3. The fraction of sp³-hybridized carbons (Fsp3) is 1.00. The van der Waals surface area contributed by atoms with Crippen LogP contribution in [0.5, 0.6) is 0 Å². The maximum Gasteiger partial charge on any atom is 0.0726 e. The number of rotatable bonds is 4. The molecule has 2 rings (SSSR count). The monoisotopic (exact) mass is 226 g/mol. The maximum atomic E-state index is 5.59. The lowest BCUT2D eigenvalue weighted by Gasteiger charge is -2.28. The summed E-state index contributed by atoms with van der Waals surface area (Å²) in [4.78, 5) is 2.64. The Morgan fingerprint density at radius 3 is 2.75 bits per heavy atom. The van der Waals surface area contributed by atoms with Gasteiger partial charge in [-0.1, -0.05) is 13.8 Å². The van der Waals surface area contributed by atoms with E-state index in [1.807, 2.05) is 7.11 Å². The second kappa shape index (κ2) is 5.48. The average Bonchev–Trinajstić information content (AvgIpc) is 2.83. The maximum absolute atomic E-state index is 5.59. The zero-order chi connectivity index (χ0) is 11.5. The molecule has 2 aliphatic rings. The lowest BCUT2D eigenvalue weighted by molar-refractivity contribution is 0.0414. The molecular formula is C13H26N2O. The standard InChI is InChI=1S/C13H26N2O/c1-10(2)14-11-7-8-15(9-11)12-5-4-6-13(12)16-3/h10-14H,4-9H2,1-3H3. The topological polar surface area (TPSA) is 24.5 Å². The molecule has 1 aliphatic heterocycles. The van der Waals surface area contributed by atoms with Crippen molar-refractivity contribution in [3.63, 3.8) is 0 Å². The molecule has 94 valence electrons. The summed E-state index contributed by atoms with van der Waals surface area (Å²) in [5.41, 5.74) is 0. The van der Waals surface area contributed by atoms with Crippen LogP contribution >= 0.6 is 0 Å². The van der Waals surface area contributed by atoms with Gasteiger partial charge in [0.15, 0.2) is 0 Å². The Hall–Kier alpha value is -0.120.